The van der Waals surface area contributed by atoms with Crippen molar-refractivity contribution in [3.05, 3.63) is 71.7 Å². The summed E-state index contributed by atoms with van der Waals surface area (Å²) >= 11 is 0. The molecule has 3 N–H and O–H groups in total. The number of anilines is 2. The molecule has 4 aromatic rings. The van der Waals surface area contributed by atoms with Crippen molar-refractivity contribution >= 4 is 35.1 Å². The number of ether oxygens (including phenoxy) is 1. The number of aromatic nitrogens is 3. The van der Waals surface area contributed by atoms with Crippen molar-refractivity contribution in [3.8, 4) is 17.0 Å². The topological polar surface area (TPSA) is 153 Å². The number of quaternary nitrogens is 1. The van der Waals surface area contributed by atoms with Gasteiger partial charge < -0.3 is 35.1 Å². The number of carboxylic acid groups (broad SMARTS) is 1. The first-order valence-corrected chi connectivity index (χ1v) is 17.8. The molecule has 2 aliphatic heterocycles. The molecule has 0 saturated carbocycles. The Hall–Kier alpha value is -5.29. The standard InChI is InChI=1S/C37H42F4N8O5/c1-4-23-15-25(46-32-33-44-18-28(47(33)12-11-43-32)27-7-8-29(54-36(40)41)31(39)30(27)38)5-6-26(23)34(50)45-21(2)19-48(37(52)53)35(51)24-9-13-49(3,14-10-24)20-22-16-42-17-22/h5-8,11-12,15,18,21-22,24,36,42H,4,9-10,13-14,16-17,19-20H2,1-3H3,(H2-,43,45,46,50,52,53)/t21-,24?,49?/m0/s1. The molecular formula is C37H42F4N8O5. The molecule has 1 atom stereocenters. The van der Waals surface area contributed by atoms with Gasteiger partial charge in [0.2, 0.25) is 11.7 Å². The number of alkyl halides is 2. The molecule has 3 amide bonds. The van der Waals surface area contributed by atoms with Gasteiger partial charge >= 0.3 is 6.61 Å². The molecule has 2 saturated heterocycles. The zero-order chi connectivity index (χ0) is 38.7. The summed E-state index contributed by atoms with van der Waals surface area (Å²) in [6.45, 7) is 4.52. The number of fused-ring (bicyclic) bond motifs is 1. The number of aryl methyl sites for hydroxylation is 1. The lowest BCUT2D eigenvalue weighted by molar-refractivity contribution is -0.918. The quantitative estimate of drug-likeness (QED) is 0.136. The van der Waals surface area contributed by atoms with E-state index in [2.05, 4.69) is 37.7 Å². The van der Waals surface area contributed by atoms with Gasteiger partial charge in [0, 0.05) is 79.6 Å². The molecule has 0 unspecified atom stereocenters. The number of hydrogen-bond acceptors (Lipinski definition) is 9. The predicted molar refractivity (Wildman–Crippen MR) is 188 cm³/mol. The first-order valence-electron chi connectivity index (χ1n) is 17.8. The van der Waals surface area contributed by atoms with Crippen LogP contribution in [0.4, 0.5) is 33.9 Å². The Morgan fingerprint density at radius 2 is 1.85 bits per heavy atom. The molecule has 13 nitrogen and oxygen atoms in total. The summed E-state index contributed by atoms with van der Waals surface area (Å²) in [5, 5.41) is 21.3. The van der Waals surface area contributed by atoms with Gasteiger partial charge in [-0.3, -0.25) is 18.9 Å². The highest BCUT2D eigenvalue weighted by Crippen LogP contribution is 2.33. The van der Waals surface area contributed by atoms with Gasteiger partial charge in [-0.2, -0.15) is 13.2 Å². The minimum Gasteiger partial charge on any atom is -0.530 e. The van der Waals surface area contributed by atoms with E-state index in [1.165, 1.54) is 23.0 Å². The van der Waals surface area contributed by atoms with E-state index >= 15 is 0 Å². The van der Waals surface area contributed by atoms with Gasteiger partial charge in [0.1, 0.15) is 6.09 Å². The molecule has 0 spiro atoms. The van der Waals surface area contributed by atoms with Crippen molar-refractivity contribution in [2.24, 2.45) is 11.8 Å². The molecule has 288 valence electrons. The van der Waals surface area contributed by atoms with E-state index in [0.29, 0.717) is 46.9 Å². The third-order valence-electron chi connectivity index (χ3n) is 10.2. The largest absolute Gasteiger partial charge is 0.530 e. The van der Waals surface area contributed by atoms with Gasteiger partial charge in [0.15, 0.2) is 23.0 Å². The van der Waals surface area contributed by atoms with E-state index in [1.54, 1.807) is 25.1 Å². The number of hydrogen-bond donors (Lipinski definition) is 3. The molecule has 17 heteroatoms. The maximum atomic E-state index is 14.9. The van der Waals surface area contributed by atoms with Crippen LogP contribution in [0.25, 0.3) is 16.9 Å². The van der Waals surface area contributed by atoms with E-state index in [-0.39, 0.29) is 29.3 Å². The number of imide groups is 1. The zero-order valence-corrected chi connectivity index (χ0v) is 30.1. The zero-order valence-electron chi connectivity index (χ0n) is 30.1. The summed E-state index contributed by atoms with van der Waals surface area (Å²) in [5.41, 5.74) is 1.66. The number of halogens is 4. The third-order valence-corrected chi connectivity index (χ3v) is 10.2. The highest BCUT2D eigenvalue weighted by atomic mass is 19.3. The molecule has 2 aliphatic rings. The summed E-state index contributed by atoms with van der Waals surface area (Å²) in [4.78, 5) is 48.2. The molecule has 2 aromatic heterocycles. The lowest BCUT2D eigenvalue weighted by Crippen LogP contribution is -2.59. The Morgan fingerprint density at radius 3 is 2.50 bits per heavy atom. The number of nitrogens with zero attached hydrogens (tertiary/aromatic N) is 5. The van der Waals surface area contributed by atoms with Gasteiger partial charge in [-0.25, -0.2) is 14.4 Å². The van der Waals surface area contributed by atoms with Crippen molar-refractivity contribution < 1.29 is 46.3 Å². The number of imidazole rings is 1. The van der Waals surface area contributed by atoms with Crippen LogP contribution in [0.5, 0.6) is 5.75 Å². The van der Waals surface area contributed by atoms with Crippen LogP contribution in [0.2, 0.25) is 0 Å². The van der Waals surface area contributed by atoms with Gasteiger partial charge in [0.25, 0.3) is 5.91 Å². The molecule has 4 heterocycles. The lowest BCUT2D eigenvalue weighted by Gasteiger charge is -2.44. The highest BCUT2D eigenvalue weighted by molar-refractivity contribution is 5.97. The number of rotatable bonds is 13. The maximum absolute atomic E-state index is 14.9. The molecule has 0 radical (unpaired) electrons. The summed E-state index contributed by atoms with van der Waals surface area (Å²) in [6.07, 6.45) is 4.19. The fourth-order valence-electron chi connectivity index (χ4n) is 7.26. The molecule has 2 aromatic carbocycles. The highest BCUT2D eigenvalue weighted by Gasteiger charge is 2.38. The Labute approximate surface area is 308 Å². The van der Waals surface area contributed by atoms with Crippen molar-refractivity contribution in [3.63, 3.8) is 0 Å². The van der Waals surface area contributed by atoms with Crippen LogP contribution in [0, 0.1) is 23.5 Å². The molecule has 2 fully saturated rings. The van der Waals surface area contributed by atoms with Gasteiger partial charge in [-0.1, -0.05) is 6.92 Å². The summed E-state index contributed by atoms with van der Waals surface area (Å²) in [5.74, 6) is -4.39. The van der Waals surface area contributed by atoms with E-state index in [9.17, 15) is 37.1 Å². The Kier molecular flexibility index (Phi) is 11.4. The maximum Gasteiger partial charge on any atom is 0.387 e. The van der Waals surface area contributed by atoms with E-state index < -0.39 is 53.9 Å². The van der Waals surface area contributed by atoms with Crippen LogP contribution in [0.1, 0.15) is 42.6 Å². The summed E-state index contributed by atoms with van der Waals surface area (Å²) < 4.78 is 61.0. The number of amides is 3. The van der Waals surface area contributed by atoms with Crippen LogP contribution >= 0.6 is 0 Å². The predicted octanol–water partition coefficient (Wildman–Crippen LogP) is 3.95. The molecule has 0 aliphatic carbocycles. The summed E-state index contributed by atoms with van der Waals surface area (Å²) in [6, 6.07) is 6.28. The van der Waals surface area contributed by atoms with E-state index in [0.717, 1.165) is 49.3 Å². The second kappa shape index (κ2) is 16.0. The van der Waals surface area contributed by atoms with E-state index in [1.807, 2.05) is 6.92 Å². The van der Waals surface area contributed by atoms with Crippen LogP contribution in [-0.4, -0.2) is 101 Å². The average molecular weight is 755 g/mol. The van der Waals surface area contributed by atoms with Crippen LogP contribution in [0.15, 0.2) is 48.9 Å². The smallest absolute Gasteiger partial charge is 0.387 e. The Bertz CT molecular complexity index is 2030. The van der Waals surface area contributed by atoms with Gasteiger partial charge in [-0.05, 0) is 49.2 Å². The fraction of sp³-hybridized carbons (Fsp3) is 0.432. The van der Waals surface area contributed by atoms with Crippen molar-refractivity contribution in [2.45, 2.75) is 45.8 Å². The monoisotopic (exact) mass is 754 g/mol. The first-order chi connectivity index (χ1) is 25.8. The third kappa shape index (κ3) is 8.26. The number of nitrogens with one attached hydrogen (secondary N) is 3. The second-order valence-electron chi connectivity index (χ2n) is 14.2. The minimum absolute atomic E-state index is 0.128. The molecule has 6 rings (SSSR count). The van der Waals surface area contributed by atoms with E-state index in [4.69, 9.17) is 0 Å². The number of benzene rings is 2. The van der Waals surface area contributed by atoms with Gasteiger partial charge in [-0.15, -0.1) is 0 Å². The number of piperidine rings is 1. The lowest BCUT2D eigenvalue weighted by atomic mass is 9.91. The summed E-state index contributed by atoms with van der Waals surface area (Å²) in [7, 11) is 2.18. The van der Waals surface area contributed by atoms with Crippen LogP contribution in [-0.2, 0) is 11.2 Å². The van der Waals surface area contributed by atoms with Crippen LogP contribution in [0.3, 0.4) is 0 Å². The second-order valence-corrected chi connectivity index (χ2v) is 14.2. The number of carbonyl (C=O) groups excluding carboxylic acids is 3. The SMILES string of the molecule is CCc1cc(Nc2nccn3c(-c4ccc(OC(F)F)c(F)c4F)cnc23)ccc1C(=O)N[C@@H](C)CN(C(=O)[O-])C(=O)C1CC[N+](C)(CC2CNC2)CC1. The van der Waals surface area contributed by atoms with Crippen molar-refractivity contribution in [1.29, 1.82) is 0 Å². The minimum atomic E-state index is -3.33. The average Bonchev–Trinajstić information content (AvgIpc) is 3.55. The fourth-order valence-corrected chi connectivity index (χ4v) is 7.26. The Morgan fingerprint density at radius 1 is 1.11 bits per heavy atom. The molecular weight excluding hydrogens is 712 g/mol. The Balaban J connectivity index is 1.11. The van der Waals surface area contributed by atoms with Crippen molar-refractivity contribution in [1.82, 2.24) is 29.9 Å². The number of likely N-dealkylation sites (tertiary alicyclic amines) is 1. The molecule has 54 heavy (non-hydrogen) atoms. The first kappa shape index (κ1) is 38.4. The molecule has 0 bridgehead atoms. The van der Waals surface area contributed by atoms with Gasteiger partial charge in [0.05, 0.1) is 38.6 Å². The van der Waals surface area contributed by atoms with Crippen LogP contribution < -0.4 is 25.8 Å². The normalized spacial score (nSPS) is 19.3. The van der Waals surface area contributed by atoms with Crippen molar-refractivity contribution in [2.75, 3.05) is 51.6 Å². The number of carbonyl (C=O) groups is 3.